The van der Waals surface area contributed by atoms with Gasteiger partial charge < -0.3 is 9.64 Å². The Kier molecular flexibility index (Phi) is 3.91. The first-order valence-corrected chi connectivity index (χ1v) is 10.4. The van der Waals surface area contributed by atoms with Gasteiger partial charge in [-0.1, -0.05) is 30.3 Å². The lowest BCUT2D eigenvalue weighted by Gasteiger charge is -2.36. The summed E-state index contributed by atoms with van der Waals surface area (Å²) in [5, 5.41) is 0. The van der Waals surface area contributed by atoms with Gasteiger partial charge in [0, 0.05) is 11.7 Å². The fourth-order valence-corrected chi connectivity index (χ4v) is 4.62. The van der Waals surface area contributed by atoms with Crippen LogP contribution in [0.15, 0.2) is 48.5 Å². The van der Waals surface area contributed by atoms with Crippen LogP contribution in [-0.4, -0.2) is 39.3 Å². The molecule has 0 fully saturated rings. The zero-order valence-electron chi connectivity index (χ0n) is 14.6. The third-order valence-corrected chi connectivity index (χ3v) is 6.00. The average molecular weight is 372 g/mol. The minimum Gasteiger partial charge on any atom is -0.476 e. The predicted octanol–water partition coefficient (Wildman–Crippen LogP) is 2.19. The molecule has 0 saturated heterocycles. The summed E-state index contributed by atoms with van der Waals surface area (Å²) in [6.45, 7) is 1.96. The van der Waals surface area contributed by atoms with Gasteiger partial charge in [0.15, 0.2) is 6.10 Å². The van der Waals surface area contributed by atoms with Gasteiger partial charge in [-0.15, -0.1) is 0 Å². The summed E-state index contributed by atoms with van der Waals surface area (Å²) in [5.74, 6) is 0.188. The number of rotatable bonds is 2. The van der Waals surface area contributed by atoms with Crippen molar-refractivity contribution in [2.45, 2.75) is 25.5 Å². The molecule has 0 radical (unpaired) electrons. The third kappa shape index (κ3) is 2.72. The molecule has 0 unspecified atom stereocenters. The monoisotopic (exact) mass is 372 g/mol. The van der Waals surface area contributed by atoms with Gasteiger partial charge in [-0.2, -0.15) is 0 Å². The van der Waals surface area contributed by atoms with E-state index in [1.54, 1.807) is 29.2 Å². The number of ether oxygens (including phenoxy) is 1. The van der Waals surface area contributed by atoms with E-state index in [9.17, 15) is 13.2 Å². The van der Waals surface area contributed by atoms with E-state index < -0.39 is 16.1 Å². The molecule has 4 rings (SSSR count). The Hall–Kier alpha value is -2.54. The van der Waals surface area contributed by atoms with Crippen LogP contribution >= 0.6 is 0 Å². The summed E-state index contributed by atoms with van der Waals surface area (Å²) in [7, 11) is -3.52. The molecule has 2 aromatic carbocycles. The summed E-state index contributed by atoms with van der Waals surface area (Å²) < 4.78 is 31.6. The molecule has 1 amide bonds. The van der Waals surface area contributed by atoms with Gasteiger partial charge in [-0.25, -0.2) is 8.42 Å². The number of carbonyl (C=O) groups is 1. The molecule has 2 heterocycles. The maximum Gasteiger partial charge on any atom is 0.270 e. The number of para-hydroxylation sites is 3. The Bertz CT molecular complexity index is 973. The number of amides is 1. The number of benzene rings is 2. The number of fused-ring (bicyclic) bond motifs is 2. The van der Waals surface area contributed by atoms with Crippen LogP contribution in [0.4, 0.5) is 11.4 Å². The minimum absolute atomic E-state index is 0.00681. The van der Waals surface area contributed by atoms with E-state index in [0.717, 1.165) is 23.9 Å². The van der Waals surface area contributed by atoms with Crippen molar-refractivity contribution in [2.75, 3.05) is 22.0 Å². The molecule has 2 atom stereocenters. The van der Waals surface area contributed by atoms with Crippen molar-refractivity contribution in [2.24, 2.45) is 0 Å². The molecule has 7 heteroatoms. The molecule has 2 aliphatic heterocycles. The molecule has 6 nitrogen and oxygen atoms in total. The molecular formula is C19H20N2O4S. The first-order chi connectivity index (χ1) is 12.4. The van der Waals surface area contributed by atoms with Crippen molar-refractivity contribution in [1.29, 1.82) is 0 Å². The van der Waals surface area contributed by atoms with Crippen molar-refractivity contribution in [3.63, 3.8) is 0 Å². The van der Waals surface area contributed by atoms with Gasteiger partial charge in [0.05, 0.1) is 18.5 Å². The van der Waals surface area contributed by atoms with Crippen molar-refractivity contribution in [3.8, 4) is 5.75 Å². The van der Waals surface area contributed by atoms with E-state index in [1.165, 1.54) is 4.31 Å². The molecule has 0 bridgehead atoms. The van der Waals surface area contributed by atoms with Gasteiger partial charge in [-0.3, -0.25) is 9.10 Å². The summed E-state index contributed by atoms with van der Waals surface area (Å²) >= 11 is 0. The zero-order chi connectivity index (χ0) is 18.5. The Balaban J connectivity index is 1.70. The maximum atomic E-state index is 13.2. The van der Waals surface area contributed by atoms with Crippen molar-refractivity contribution >= 4 is 27.3 Å². The smallest absolute Gasteiger partial charge is 0.270 e. The van der Waals surface area contributed by atoms with Crippen LogP contribution in [0.1, 0.15) is 12.5 Å². The first kappa shape index (κ1) is 16.9. The van der Waals surface area contributed by atoms with E-state index in [1.807, 2.05) is 31.2 Å². The summed E-state index contributed by atoms with van der Waals surface area (Å²) in [5.41, 5.74) is 2.46. The lowest BCUT2D eigenvalue weighted by Crippen LogP contribution is -2.53. The van der Waals surface area contributed by atoms with Crippen molar-refractivity contribution < 1.29 is 17.9 Å². The third-order valence-electron chi connectivity index (χ3n) is 4.86. The predicted molar refractivity (Wildman–Crippen MR) is 100 cm³/mol. The molecule has 2 aromatic rings. The van der Waals surface area contributed by atoms with Crippen molar-refractivity contribution in [3.05, 3.63) is 54.1 Å². The van der Waals surface area contributed by atoms with Crippen LogP contribution in [0.5, 0.6) is 5.75 Å². The van der Waals surface area contributed by atoms with Crippen LogP contribution in [0.25, 0.3) is 0 Å². The molecular weight excluding hydrogens is 352 g/mol. The Morgan fingerprint density at radius 3 is 2.46 bits per heavy atom. The van der Waals surface area contributed by atoms with Crippen LogP contribution in [0.3, 0.4) is 0 Å². The second-order valence-corrected chi connectivity index (χ2v) is 8.67. The lowest BCUT2D eigenvalue weighted by atomic mass is 10.1. The van der Waals surface area contributed by atoms with Crippen LogP contribution < -0.4 is 13.9 Å². The van der Waals surface area contributed by atoms with E-state index in [4.69, 9.17) is 4.74 Å². The Morgan fingerprint density at radius 2 is 1.73 bits per heavy atom. The Labute approximate surface area is 153 Å². The van der Waals surface area contributed by atoms with E-state index in [-0.39, 0.29) is 18.5 Å². The molecule has 26 heavy (non-hydrogen) atoms. The molecule has 0 aliphatic carbocycles. The standard InChI is InChI=1S/C19H20N2O4S/c1-13-11-14-7-3-4-8-15(14)21(13)19(22)18-12-20(26(2,23)24)16-9-5-6-10-17(16)25-18/h3-10,13,18H,11-12H2,1-2H3/t13-,18+/m0/s1. The van der Waals surface area contributed by atoms with E-state index in [2.05, 4.69) is 0 Å². The van der Waals surface area contributed by atoms with Crippen LogP contribution in [-0.2, 0) is 21.2 Å². The fourth-order valence-electron chi connectivity index (χ4n) is 3.70. The molecule has 0 N–H and O–H groups in total. The van der Waals surface area contributed by atoms with Gasteiger partial charge in [0.1, 0.15) is 5.75 Å². The molecule has 0 spiro atoms. The molecule has 2 aliphatic rings. The van der Waals surface area contributed by atoms with E-state index in [0.29, 0.717) is 11.4 Å². The number of hydrogen-bond acceptors (Lipinski definition) is 4. The molecule has 0 aromatic heterocycles. The van der Waals surface area contributed by atoms with Gasteiger partial charge in [0.25, 0.3) is 5.91 Å². The highest BCUT2D eigenvalue weighted by atomic mass is 32.2. The quantitative estimate of drug-likeness (QED) is 0.811. The average Bonchev–Trinajstić information content (AvgIpc) is 2.95. The second-order valence-electron chi connectivity index (χ2n) is 6.76. The summed E-state index contributed by atoms with van der Waals surface area (Å²) in [4.78, 5) is 15.0. The molecule has 0 saturated carbocycles. The van der Waals surface area contributed by atoms with Crippen LogP contribution in [0, 0.1) is 0 Å². The van der Waals surface area contributed by atoms with Gasteiger partial charge in [-0.05, 0) is 37.1 Å². The first-order valence-electron chi connectivity index (χ1n) is 8.50. The Morgan fingerprint density at radius 1 is 1.08 bits per heavy atom. The lowest BCUT2D eigenvalue weighted by molar-refractivity contribution is -0.125. The zero-order valence-corrected chi connectivity index (χ0v) is 15.4. The fraction of sp³-hybridized carbons (Fsp3) is 0.316. The highest BCUT2D eigenvalue weighted by Gasteiger charge is 2.40. The number of anilines is 2. The number of sulfonamides is 1. The highest BCUT2D eigenvalue weighted by molar-refractivity contribution is 7.92. The highest BCUT2D eigenvalue weighted by Crippen LogP contribution is 2.37. The van der Waals surface area contributed by atoms with Crippen molar-refractivity contribution in [1.82, 2.24) is 0 Å². The summed E-state index contributed by atoms with van der Waals surface area (Å²) in [6.07, 6.45) is 1.04. The SMILES string of the molecule is C[C@H]1Cc2ccccc2N1C(=O)[C@H]1CN(S(C)(=O)=O)c2ccccc2O1. The van der Waals surface area contributed by atoms with Gasteiger partial charge in [0.2, 0.25) is 10.0 Å². The largest absolute Gasteiger partial charge is 0.476 e. The minimum atomic E-state index is -3.52. The number of hydrogen-bond donors (Lipinski definition) is 0. The second kappa shape index (κ2) is 6.02. The normalized spacial score (nSPS) is 21.8. The number of nitrogens with zero attached hydrogens (tertiary/aromatic N) is 2. The summed E-state index contributed by atoms with van der Waals surface area (Å²) in [6, 6.07) is 14.7. The number of carbonyl (C=O) groups excluding carboxylic acids is 1. The maximum absolute atomic E-state index is 13.2. The van der Waals surface area contributed by atoms with Gasteiger partial charge >= 0.3 is 0 Å². The van der Waals surface area contributed by atoms with Crippen LogP contribution in [0.2, 0.25) is 0 Å². The molecule has 136 valence electrons. The van der Waals surface area contributed by atoms with E-state index >= 15 is 0 Å². The topological polar surface area (TPSA) is 66.9 Å².